The molecule has 0 spiro atoms. The van der Waals surface area contributed by atoms with E-state index in [4.69, 9.17) is 4.74 Å². The largest absolute Gasteiger partial charge is 0.494 e. The Balaban J connectivity index is 1.96. The molecule has 0 radical (unpaired) electrons. The minimum absolute atomic E-state index is 0.0396. The van der Waals surface area contributed by atoms with Gasteiger partial charge in [-0.25, -0.2) is 0 Å². The van der Waals surface area contributed by atoms with Crippen molar-refractivity contribution in [1.29, 1.82) is 0 Å². The van der Waals surface area contributed by atoms with Crippen LogP contribution in [-0.2, 0) is 16.1 Å². The maximum absolute atomic E-state index is 13.0. The summed E-state index contributed by atoms with van der Waals surface area (Å²) in [5.41, 5.74) is 3.36. The second-order valence-electron chi connectivity index (χ2n) is 7.74. The number of amides is 2. The normalized spacial score (nSPS) is 11.6. The van der Waals surface area contributed by atoms with Crippen LogP contribution in [0.4, 0.5) is 0 Å². The molecule has 2 aromatic carbocycles. The molecule has 2 amide bonds. The maximum atomic E-state index is 13.0. The Bertz CT molecular complexity index is 800. The van der Waals surface area contributed by atoms with Crippen LogP contribution in [0.2, 0.25) is 0 Å². The minimum Gasteiger partial charge on any atom is -0.494 e. The van der Waals surface area contributed by atoms with E-state index in [1.165, 1.54) is 11.1 Å². The lowest BCUT2D eigenvalue weighted by atomic mass is 10.1. The van der Waals surface area contributed by atoms with Gasteiger partial charge in [0, 0.05) is 19.5 Å². The Morgan fingerprint density at radius 2 is 1.60 bits per heavy atom. The predicted molar refractivity (Wildman–Crippen MR) is 120 cm³/mol. The maximum Gasteiger partial charge on any atom is 0.242 e. The van der Waals surface area contributed by atoms with Crippen LogP contribution < -0.4 is 10.1 Å². The van der Waals surface area contributed by atoms with E-state index < -0.39 is 6.04 Å². The van der Waals surface area contributed by atoms with Gasteiger partial charge in [0.1, 0.15) is 11.8 Å². The fraction of sp³-hybridized carbons (Fsp3) is 0.440. The average Bonchev–Trinajstić information content (AvgIpc) is 2.75. The number of ether oxygens (including phenoxy) is 1. The molecular weight excluding hydrogens is 376 g/mol. The van der Waals surface area contributed by atoms with Crippen molar-refractivity contribution in [1.82, 2.24) is 10.2 Å². The fourth-order valence-electron chi connectivity index (χ4n) is 3.06. The highest BCUT2D eigenvalue weighted by molar-refractivity contribution is 5.87. The molecule has 0 saturated heterocycles. The van der Waals surface area contributed by atoms with Crippen LogP contribution in [-0.4, -0.2) is 35.9 Å². The van der Waals surface area contributed by atoms with Crippen LogP contribution >= 0.6 is 0 Å². The molecule has 162 valence electrons. The van der Waals surface area contributed by atoms with E-state index >= 15 is 0 Å². The molecule has 0 aliphatic rings. The van der Waals surface area contributed by atoms with Gasteiger partial charge in [-0.3, -0.25) is 9.59 Å². The first-order valence-corrected chi connectivity index (χ1v) is 10.7. The summed E-state index contributed by atoms with van der Waals surface area (Å²) in [6.07, 6.45) is 1.80. The van der Waals surface area contributed by atoms with E-state index in [9.17, 15) is 9.59 Å². The molecule has 2 aromatic rings. The van der Waals surface area contributed by atoms with Crippen molar-refractivity contribution in [2.75, 3.05) is 13.2 Å². The van der Waals surface area contributed by atoms with Crippen molar-refractivity contribution in [3.63, 3.8) is 0 Å². The van der Waals surface area contributed by atoms with Crippen LogP contribution in [0.25, 0.3) is 0 Å². The lowest BCUT2D eigenvalue weighted by Gasteiger charge is -2.29. The van der Waals surface area contributed by atoms with Gasteiger partial charge in [0.05, 0.1) is 6.61 Å². The average molecular weight is 411 g/mol. The highest BCUT2D eigenvalue weighted by atomic mass is 16.5. The first-order valence-electron chi connectivity index (χ1n) is 10.7. The summed E-state index contributed by atoms with van der Waals surface area (Å²) in [5, 5.41) is 2.90. The van der Waals surface area contributed by atoms with Crippen LogP contribution in [0.5, 0.6) is 5.75 Å². The zero-order valence-electron chi connectivity index (χ0n) is 18.6. The van der Waals surface area contributed by atoms with E-state index in [1.54, 1.807) is 11.8 Å². The van der Waals surface area contributed by atoms with Gasteiger partial charge in [-0.15, -0.1) is 0 Å². The number of hydrogen-bond donors (Lipinski definition) is 1. The van der Waals surface area contributed by atoms with Crippen molar-refractivity contribution >= 4 is 11.8 Å². The van der Waals surface area contributed by atoms with Crippen LogP contribution in [0.1, 0.15) is 49.8 Å². The SMILES string of the molecule is CCCNC(=O)[C@H](C)N(Cc1ccc(C)cc1)C(=O)CCCOc1ccc(C)cc1. The number of carbonyl (C=O) groups excluding carboxylic acids is 2. The Labute approximate surface area is 180 Å². The van der Waals surface area contributed by atoms with Crippen LogP contribution in [0, 0.1) is 13.8 Å². The fourth-order valence-corrected chi connectivity index (χ4v) is 3.06. The molecule has 0 saturated carbocycles. The third-order valence-corrected chi connectivity index (χ3v) is 5.01. The first kappa shape index (κ1) is 23.5. The molecule has 2 rings (SSSR count). The third kappa shape index (κ3) is 7.54. The molecule has 5 heteroatoms. The summed E-state index contributed by atoms with van der Waals surface area (Å²) in [6, 6.07) is 15.4. The molecule has 0 heterocycles. The molecule has 5 nitrogen and oxygen atoms in total. The number of rotatable bonds is 11. The highest BCUT2D eigenvalue weighted by Crippen LogP contribution is 2.15. The van der Waals surface area contributed by atoms with Crippen molar-refractivity contribution in [3.05, 3.63) is 65.2 Å². The standard InChI is InChI=1S/C25H34N2O3/c1-5-16-26-25(29)21(4)27(18-22-12-8-19(2)9-13-22)24(28)7-6-17-30-23-14-10-20(3)11-15-23/h8-15,21H,5-7,16-18H2,1-4H3,(H,26,29)/t21-/m0/s1. The molecule has 0 aliphatic heterocycles. The van der Waals surface area contributed by atoms with E-state index in [1.807, 2.05) is 69.3 Å². The van der Waals surface area contributed by atoms with Gasteiger partial charge in [-0.05, 0) is 51.3 Å². The molecule has 30 heavy (non-hydrogen) atoms. The summed E-state index contributed by atoms with van der Waals surface area (Å²) < 4.78 is 5.73. The monoisotopic (exact) mass is 410 g/mol. The second-order valence-corrected chi connectivity index (χ2v) is 7.74. The Morgan fingerprint density at radius 3 is 2.20 bits per heavy atom. The van der Waals surface area contributed by atoms with Gasteiger partial charge in [-0.2, -0.15) is 0 Å². The number of hydrogen-bond acceptors (Lipinski definition) is 3. The molecule has 1 atom stereocenters. The number of nitrogens with one attached hydrogen (secondary N) is 1. The highest BCUT2D eigenvalue weighted by Gasteiger charge is 2.25. The van der Waals surface area contributed by atoms with Crippen molar-refractivity contribution in [3.8, 4) is 5.75 Å². The Hall–Kier alpha value is -2.82. The Kier molecular flexibility index (Phi) is 9.39. The number of carbonyl (C=O) groups is 2. The number of nitrogens with zero attached hydrogens (tertiary/aromatic N) is 1. The quantitative estimate of drug-likeness (QED) is 0.559. The lowest BCUT2D eigenvalue weighted by molar-refractivity contribution is -0.140. The summed E-state index contributed by atoms with van der Waals surface area (Å²) >= 11 is 0. The second kappa shape index (κ2) is 12.0. The number of aryl methyl sites for hydroxylation is 2. The Morgan fingerprint density at radius 1 is 1.00 bits per heavy atom. The third-order valence-electron chi connectivity index (χ3n) is 5.01. The van der Waals surface area contributed by atoms with E-state index in [2.05, 4.69) is 5.32 Å². The van der Waals surface area contributed by atoms with Crippen LogP contribution in [0.3, 0.4) is 0 Å². The van der Waals surface area contributed by atoms with E-state index in [0.717, 1.165) is 17.7 Å². The van der Waals surface area contributed by atoms with Gasteiger partial charge in [0.2, 0.25) is 11.8 Å². The summed E-state index contributed by atoms with van der Waals surface area (Å²) in [7, 11) is 0. The zero-order valence-corrected chi connectivity index (χ0v) is 18.6. The van der Waals surface area contributed by atoms with Gasteiger partial charge < -0.3 is 15.0 Å². The van der Waals surface area contributed by atoms with Crippen molar-refractivity contribution in [2.45, 2.75) is 59.5 Å². The molecule has 1 N–H and O–H groups in total. The smallest absolute Gasteiger partial charge is 0.242 e. The summed E-state index contributed by atoms with van der Waals surface area (Å²) in [6.45, 7) is 9.35. The first-order chi connectivity index (χ1) is 14.4. The number of benzene rings is 2. The molecule has 0 unspecified atom stereocenters. The van der Waals surface area contributed by atoms with E-state index in [0.29, 0.717) is 32.5 Å². The lowest BCUT2D eigenvalue weighted by Crippen LogP contribution is -2.47. The molecule has 0 bridgehead atoms. The topological polar surface area (TPSA) is 58.6 Å². The van der Waals surface area contributed by atoms with Gasteiger partial charge in [-0.1, -0.05) is 54.4 Å². The predicted octanol–water partition coefficient (Wildman–Crippen LogP) is 4.41. The van der Waals surface area contributed by atoms with Gasteiger partial charge in [0.15, 0.2) is 0 Å². The van der Waals surface area contributed by atoms with Crippen molar-refractivity contribution < 1.29 is 14.3 Å². The molecule has 0 aliphatic carbocycles. The molecular formula is C25H34N2O3. The molecule has 0 aromatic heterocycles. The van der Waals surface area contributed by atoms with E-state index in [-0.39, 0.29) is 11.8 Å². The van der Waals surface area contributed by atoms with Crippen molar-refractivity contribution in [2.24, 2.45) is 0 Å². The zero-order chi connectivity index (χ0) is 21.9. The molecule has 0 fully saturated rings. The van der Waals surface area contributed by atoms with Crippen LogP contribution in [0.15, 0.2) is 48.5 Å². The van der Waals surface area contributed by atoms with Gasteiger partial charge >= 0.3 is 0 Å². The minimum atomic E-state index is -0.525. The van der Waals surface area contributed by atoms with Gasteiger partial charge in [0.25, 0.3) is 0 Å². The summed E-state index contributed by atoms with van der Waals surface area (Å²) in [5.74, 6) is 0.646. The summed E-state index contributed by atoms with van der Waals surface area (Å²) in [4.78, 5) is 27.2.